The number of piperazine rings is 1. The van der Waals surface area contributed by atoms with E-state index < -0.39 is 0 Å². The van der Waals surface area contributed by atoms with Crippen LogP contribution >= 0.6 is 44.3 Å². The Labute approximate surface area is 154 Å². The minimum absolute atomic E-state index is 0. The third kappa shape index (κ3) is 2.51. The van der Waals surface area contributed by atoms with Gasteiger partial charge in [0.2, 0.25) is 0 Å². The fourth-order valence-corrected chi connectivity index (χ4v) is 4.62. The molecule has 0 aromatic heterocycles. The molecule has 1 saturated heterocycles. The standard InChI is InChI=1S/C15H20Br2N4.ClH/c1-15(17)11(16)7-9-3-2-6-21-12(9)13(15)20-14(21)10-8-18-4-5-19-10;/h7,10,14,18-19H,2-6,8H2,1H3;1H. The smallest absolute Gasteiger partial charge is 0.138 e. The number of rotatable bonds is 1. The third-order valence-corrected chi connectivity index (χ3v) is 7.22. The zero-order chi connectivity index (χ0) is 14.6. The molecule has 0 saturated carbocycles. The molecule has 3 heterocycles. The number of hydrogen-bond donors (Lipinski definition) is 2. The SMILES string of the molecule is CC1(Br)C(Br)=CC2=C3C1=NC(C1CNCCN1)N3CCC2.Cl. The first-order chi connectivity index (χ1) is 10.1. The zero-order valence-corrected chi connectivity index (χ0v) is 16.5. The maximum Gasteiger partial charge on any atom is 0.138 e. The molecule has 22 heavy (non-hydrogen) atoms. The summed E-state index contributed by atoms with van der Waals surface area (Å²) in [7, 11) is 0. The Hall–Kier alpha value is 0.120. The molecule has 3 atom stereocenters. The molecule has 3 aliphatic heterocycles. The molecule has 0 bridgehead atoms. The zero-order valence-electron chi connectivity index (χ0n) is 12.5. The molecule has 0 spiro atoms. The van der Waals surface area contributed by atoms with Crippen molar-refractivity contribution in [3.63, 3.8) is 0 Å². The van der Waals surface area contributed by atoms with E-state index in [-0.39, 0.29) is 22.9 Å². The lowest BCUT2D eigenvalue weighted by molar-refractivity contribution is 0.204. The number of hydrogen-bond acceptors (Lipinski definition) is 4. The van der Waals surface area contributed by atoms with Crippen molar-refractivity contribution in [2.75, 3.05) is 26.2 Å². The van der Waals surface area contributed by atoms with Crippen molar-refractivity contribution in [1.82, 2.24) is 15.5 Å². The van der Waals surface area contributed by atoms with Crippen LogP contribution in [0.3, 0.4) is 0 Å². The van der Waals surface area contributed by atoms with Crippen LogP contribution in [0.15, 0.2) is 26.8 Å². The van der Waals surface area contributed by atoms with Gasteiger partial charge in [-0.25, -0.2) is 0 Å². The lowest BCUT2D eigenvalue weighted by Gasteiger charge is -2.39. The summed E-state index contributed by atoms with van der Waals surface area (Å²) in [5.41, 5.74) is 4.01. The summed E-state index contributed by atoms with van der Waals surface area (Å²) in [6.45, 7) is 6.38. The van der Waals surface area contributed by atoms with Crippen molar-refractivity contribution in [2.45, 2.75) is 36.3 Å². The fourth-order valence-electron chi connectivity index (χ4n) is 3.75. The van der Waals surface area contributed by atoms with Crippen LogP contribution in [-0.4, -0.2) is 53.3 Å². The van der Waals surface area contributed by atoms with Gasteiger partial charge in [0.1, 0.15) is 6.17 Å². The Bertz CT molecular complexity index is 564. The summed E-state index contributed by atoms with van der Waals surface area (Å²) in [4.78, 5) is 7.67. The predicted molar refractivity (Wildman–Crippen MR) is 100 cm³/mol. The van der Waals surface area contributed by atoms with Crippen LogP contribution in [0.25, 0.3) is 0 Å². The van der Waals surface area contributed by atoms with Gasteiger partial charge in [-0.2, -0.15) is 0 Å². The molecule has 0 amide bonds. The van der Waals surface area contributed by atoms with Crippen LogP contribution in [0.5, 0.6) is 0 Å². The van der Waals surface area contributed by atoms with Crippen molar-refractivity contribution in [2.24, 2.45) is 4.99 Å². The summed E-state index contributed by atoms with van der Waals surface area (Å²) in [6, 6.07) is 0.394. The molecule has 1 aliphatic carbocycles. The molecule has 4 rings (SSSR count). The van der Waals surface area contributed by atoms with Gasteiger partial charge >= 0.3 is 0 Å². The summed E-state index contributed by atoms with van der Waals surface area (Å²) in [5, 5.41) is 7.12. The lowest BCUT2D eigenvalue weighted by Crippen LogP contribution is -2.57. The molecular formula is C15H21Br2ClN4. The highest BCUT2D eigenvalue weighted by molar-refractivity contribution is 9.14. The van der Waals surface area contributed by atoms with Crippen LogP contribution in [0.4, 0.5) is 0 Å². The first kappa shape index (κ1) is 17.0. The molecule has 4 aliphatic rings. The molecule has 122 valence electrons. The molecule has 0 aromatic rings. The Morgan fingerprint density at radius 1 is 1.41 bits per heavy atom. The van der Waals surface area contributed by atoms with Crippen molar-refractivity contribution >= 4 is 50.0 Å². The molecule has 3 unspecified atom stereocenters. The molecule has 1 fully saturated rings. The Morgan fingerprint density at radius 2 is 2.23 bits per heavy atom. The second-order valence-corrected chi connectivity index (χ2v) is 8.76. The Balaban J connectivity index is 0.00000144. The molecule has 0 radical (unpaired) electrons. The van der Waals surface area contributed by atoms with Gasteiger partial charge in [0, 0.05) is 30.7 Å². The maximum absolute atomic E-state index is 5.14. The van der Waals surface area contributed by atoms with E-state index in [0.717, 1.165) is 32.6 Å². The van der Waals surface area contributed by atoms with E-state index in [4.69, 9.17) is 4.99 Å². The van der Waals surface area contributed by atoms with Crippen molar-refractivity contribution in [3.8, 4) is 0 Å². The second-order valence-electron chi connectivity index (χ2n) is 6.32. The monoisotopic (exact) mass is 450 g/mol. The summed E-state index contributed by atoms with van der Waals surface area (Å²) in [5.74, 6) is 0. The number of nitrogens with zero attached hydrogens (tertiary/aromatic N) is 2. The van der Waals surface area contributed by atoms with E-state index in [1.807, 2.05) is 0 Å². The average Bonchev–Trinajstić information content (AvgIpc) is 2.88. The highest BCUT2D eigenvalue weighted by Gasteiger charge is 2.47. The molecule has 7 heteroatoms. The van der Waals surface area contributed by atoms with Gasteiger partial charge in [-0.05, 0) is 31.4 Å². The van der Waals surface area contributed by atoms with Crippen LogP contribution < -0.4 is 10.6 Å². The molecular weight excluding hydrogens is 431 g/mol. The van der Waals surface area contributed by atoms with Gasteiger partial charge < -0.3 is 15.5 Å². The van der Waals surface area contributed by atoms with E-state index in [2.05, 4.69) is 60.4 Å². The number of halogens is 3. The number of aliphatic imine (C=N–C) groups is 1. The molecule has 4 nitrogen and oxygen atoms in total. The van der Waals surface area contributed by atoms with E-state index in [9.17, 15) is 0 Å². The summed E-state index contributed by atoms with van der Waals surface area (Å²) < 4.78 is 0.989. The van der Waals surface area contributed by atoms with E-state index in [1.165, 1.54) is 27.9 Å². The van der Waals surface area contributed by atoms with Crippen LogP contribution in [0.1, 0.15) is 19.8 Å². The minimum atomic E-state index is -0.196. The quantitative estimate of drug-likeness (QED) is 0.601. The van der Waals surface area contributed by atoms with Crippen molar-refractivity contribution < 1.29 is 0 Å². The van der Waals surface area contributed by atoms with Gasteiger partial charge in [0.25, 0.3) is 0 Å². The van der Waals surface area contributed by atoms with E-state index in [0.29, 0.717) is 6.04 Å². The Morgan fingerprint density at radius 3 is 2.95 bits per heavy atom. The van der Waals surface area contributed by atoms with Gasteiger partial charge in [-0.1, -0.05) is 31.9 Å². The topological polar surface area (TPSA) is 39.7 Å². The third-order valence-electron chi connectivity index (χ3n) is 4.87. The van der Waals surface area contributed by atoms with Gasteiger partial charge in [0.15, 0.2) is 0 Å². The van der Waals surface area contributed by atoms with Crippen LogP contribution in [-0.2, 0) is 0 Å². The number of alkyl halides is 1. The highest BCUT2D eigenvalue weighted by atomic mass is 79.9. The number of allylic oxidation sites excluding steroid dienone is 4. The van der Waals surface area contributed by atoms with Crippen molar-refractivity contribution in [3.05, 3.63) is 21.8 Å². The highest BCUT2D eigenvalue weighted by Crippen LogP contribution is 2.47. The maximum atomic E-state index is 5.14. The second kappa shape index (κ2) is 6.20. The summed E-state index contributed by atoms with van der Waals surface area (Å²) in [6.07, 6.45) is 4.89. The van der Waals surface area contributed by atoms with Crippen LogP contribution in [0.2, 0.25) is 0 Å². The summed E-state index contributed by atoms with van der Waals surface area (Å²) >= 11 is 7.62. The fraction of sp³-hybridized carbons (Fsp3) is 0.667. The molecule has 0 aromatic carbocycles. The molecule has 2 N–H and O–H groups in total. The predicted octanol–water partition coefficient (Wildman–Crippen LogP) is 2.55. The normalized spacial score (nSPS) is 37.3. The van der Waals surface area contributed by atoms with Crippen LogP contribution in [0, 0.1) is 0 Å². The largest absolute Gasteiger partial charge is 0.347 e. The van der Waals surface area contributed by atoms with Gasteiger partial charge in [0.05, 0.1) is 21.8 Å². The number of nitrogens with one attached hydrogen (secondary N) is 2. The van der Waals surface area contributed by atoms with Gasteiger partial charge in [-0.3, -0.25) is 4.99 Å². The first-order valence-electron chi connectivity index (χ1n) is 7.68. The van der Waals surface area contributed by atoms with Gasteiger partial charge in [-0.15, -0.1) is 12.4 Å². The lowest BCUT2D eigenvalue weighted by atomic mass is 9.88. The first-order valence-corrected chi connectivity index (χ1v) is 9.27. The van der Waals surface area contributed by atoms with Crippen molar-refractivity contribution in [1.29, 1.82) is 0 Å². The Kier molecular flexibility index (Phi) is 4.78. The van der Waals surface area contributed by atoms with E-state index >= 15 is 0 Å². The van der Waals surface area contributed by atoms with E-state index in [1.54, 1.807) is 0 Å². The minimum Gasteiger partial charge on any atom is -0.347 e. The average molecular weight is 453 g/mol.